The van der Waals surface area contributed by atoms with Crippen molar-refractivity contribution in [3.63, 3.8) is 0 Å². The van der Waals surface area contributed by atoms with Gasteiger partial charge in [0.2, 0.25) is 5.91 Å². The predicted molar refractivity (Wildman–Crippen MR) is 74.3 cm³/mol. The Morgan fingerprint density at radius 3 is 2.89 bits per heavy atom. The normalized spacial score (nSPS) is 12.2. The average Bonchev–Trinajstić information content (AvgIpc) is 2.74. The van der Waals surface area contributed by atoms with Crippen molar-refractivity contribution in [2.45, 2.75) is 26.7 Å². The summed E-state index contributed by atoms with van der Waals surface area (Å²) in [6.07, 6.45) is 1.36. The molecule has 18 heavy (non-hydrogen) atoms. The van der Waals surface area contributed by atoms with Crippen LogP contribution in [0.15, 0.2) is 11.4 Å². The molecule has 0 saturated heterocycles. The minimum atomic E-state index is -0.0648. The third-order valence-corrected chi connectivity index (χ3v) is 3.48. The van der Waals surface area contributed by atoms with Crippen LogP contribution in [0.1, 0.15) is 32.3 Å². The van der Waals surface area contributed by atoms with Crippen LogP contribution >= 0.6 is 11.3 Å². The van der Waals surface area contributed by atoms with E-state index in [1.807, 2.05) is 0 Å². The van der Waals surface area contributed by atoms with Crippen molar-refractivity contribution in [1.29, 1.82) is 5.26 Å². The van der Waals surface area contributed by atoms with Crippen LogP contribution in [-0.2, 0) is 4.79 Å². The van der Waals surface area contributed by atoms with Crippen molar-refractivity contribution in [1.82, 2.24) is 0 Å². The number of nitriles is 1. The van der Waals surface area contributed by atoms with Crippen molar-refractivity contribution in [2.24, 2.45) is 17.6 Å². The minimum Gasteiger partial charge on any atom is -0.330 e. The van der Waals surface area contributed by atoms with Crippen LogP contribution in [0.2, 0.25) is 0 Å². The van der Waals surface area contributed by atoms with E-state index in [2.05, 4.69) is 25.2 Å². The van der Waals surface area contributed by atoms with E-state index < -0.39 is 0 Å². The molecule has 1 aromatic rings. The second-order valence-corrected chi connectivity index (χ2v) is 5.67. The first-order valence-electron chi connectivity index (χ1n) is 6.04. The van der Waals surface area contributed by atoms with E-state index >= 15 is 0 Å². The van der Waals surface area contributed by atoms with Gasteiger partial charge >= 0.3 is 0 Å². The molecule has 0 radical (unpaired) electrons. The van der Waals surface area contributed by atoms with Gasteiger partial charge in [-0.15, -0.1) is 11.3 Å². The van der Waals surface area contributed by atoms with Gasteiger partial charge in [-0.3, -0.25) is 4.79 Å². The molecule has 1 heterocycles. The highest BCUT2D eigenvalue weighted by atomic mass is 32.1. The number of nitrogens with one attached hydrogen (secondary N) is 1. The molecular weight excluding hydrogens is 246 g/mol. The maximum Gasteiger partial charge on any atom is 0.225 e. The lowest BCUT2D eigenvalue weighted by Gasteiger charge is -2.16. The molecule has 3 N–H and O–H groups in total. The molecule has 1 amide bonds. The zero-order chi connectivity index (χ0) is 13.5. The molecule has 98 valence electrons. The summed E-state index contributed by atoms with van der Waals surface area (Å²) in [6.45, 7) is 4.75. The van der Waals surface area contributed by atoms with Crippen molar-refractivity contribution >= 4 is 22.2 Å². The van der Waals surface area contributed by atoms with Gasteiger partial charge < -0.3 is 11.1 Å². The molecule has 0 aliphatic carbocycles. The molecule has 0 spiro atoms. The highest BCUT2D eigenvalue weighted by Crippen LogP contribution is 2.23. The van der Waals surface area contributed by atoms with Gasteiger partial charge in [-0.1, -0.05) is 13.8 Å². The van der Waals surface area contributed by atoms with Crippen LogP contribution in [0.4, 0.5) is 5.00 Å². The van der Waals surface area contributed by atoms with Gasteiger partial charge in [0.05, 0.1) is 5.56 Å². The van der Waals surface area contributed by atoms with Crippen molar-refractivity contribution in [3.8, 4) is 6.07 Å². The maximum atomic E-state index is 11.9. The first-order chi connectivity index (χ1) is 8.56. The number of hydrogen-bond donors (Lipinski definition) is 2. The summed E-state index contributed by atoms with van der Waals surface area (Å²) in [4.78, 5) is 11.9. The number of anilines is 1. The van der Waals surface area contributed by atoms with Crippen molar-refractivity contribution in [3.05, 3.63) is 17.0 Å². The zero-order valence-corrected chi connectivity index (χ0v) is 11.6. The summed E-state index contributed by atoms with van der Waals surface area (Å²) in [5, 5.41) is 14.1. The zero-order valence-electron chi connectivity index (χ0n) is 10.8. The van der Waals surface area contributed by atoms with E-state index in [1.165, 1.54) is 11.3 Å². The molecule has 1 rings (SSSR count). The van der Waals surface area contributed by atoms with Crippen LogP contribution < -0.4 is 11.1 Å². The van der Waals surface area contributed by atoms with Crippen LogP contribution in [0.3, 0.4) is 0 Å². The lowest BCUT2D eigenvalue weighted by molar-refractivity contribution is -0.117. The molecule has 1 aromatic heterocycles. The molecule has 0 aliphatic rings. The monoisotopic (exact) mass is 265 g/mol. The van der Waals surface area contributed by atoms with Gasteiger partial charge in [-0.05, 0) is 36.2 Å². The SMILES string of the molecule is CC(C)CC(CN)CC(=O)Nc1sccc1C#N. The predicted octanol–water partition coefficient (Wildman–Crippen LogP) is 2.57. The molecule has 0 aliphatic heterocycles. The Hall–Kier alpha value is -1.38. The number of nitrogens with zero attached hydrogens (tertiary/aromatic N) is 1. The lowest BCUT2D eigenvalue weighted by atomic mass is 9.94. The fourth-order valence-electron chi connectivity index (χ4n) is 1.86. The van der Waals surface area contributed by atoms with Crippen LogP contribution in [0.5, 0.6) is 0 Å². The third kappa shape index (κ3) is 4.47. The average molecular weight is 265 g/mol. The van der Waals surface area contributed by atoms with E-state index in [0.29, 0.717) is 29.4 Å². The number of rotatable bonds is 6. The molecular formula is C13H19N3OS. The largest absolute Gasteiger partial charge is 0.330 e. The number of nitrogens with two attached hydrogens (primary N) is 1. The summed E-state index contributed by atoms with van der Waals surface area (Å²) in [5.74, 6) is 0.670. The highest BCUT2D eigenvalue weighted by Gasteiger charge is 2.15. The first kappa shape index (κ1) is 14.7. The van der Waals surface area contributed by atoms with Crippen LogP contribution in [-0.4, -0.2) is 12.5 Å². The standard InChI is InChI=1S/C13H19N3OS/c1-9(2)5-10(7-14)6-12(17)16-13-11(8-15)3-4-18-13/h3-4,9-10H,5-7,14H2,1-2H3,(H,16,17). The summed E-state index contributed by atoms with van der Waals surface area (Å²) in [6, 6.07) is 3.75. The number of thiophene rings is 1. The Bertz CT molecular complexity index is 434. The third-order valence-electron chi connectivity index (χ3n) is 2.65. The summed E-state index contributed by atoms with van der Waals surface area (Å²) >= 11 is 1.37. The van der Waals surface area contributed by atoms with Crippen molar-refractivity contribution in [2.75, 3.05) is 11.9 Å². The second kappa shape index (κ2) is 7.14. The van der Waals surface area contributed by atoms with Gasteiger partial charge in [0, 0.05) is 6.42 Å². The lowest BCUT2D eigenvalue weighted by Crippen LogP contribution is -2.23. The van der Waals surface area contributed by atoms with Gasteiger partial charge in [0.15, 0.2) is 0 Å². The molecule has 1 unspecified atom stereocenters. The quantitative estimate of drug-likeness (QED) is 0.829. The molecule has 0 bridgehead atoms. The van der Waals surface area contributed by atoms with E-state index in [1.54, 1.807) is 11.4 Å². The summed E-state index contributed by atoms with van der Waals surface area (Å²) < 4.78 is 0. The minimum absolute atomic E-state index is 0.0648. The number of carbonyl (C=O) groups is 1. The highest BCUT2D eigenvalue weighted by molar-refractivity contribution is 7.14. The van der Waals surface area contributed by atoms with E-state index in [9.17, 15) is 4.79 Å². The van der Waals surface area contributed by atoms with Gasteiger partial charge in [-0.2, -0.15) is 5.26 Å². The Morgan fingerprint density at radius 1 is 1.61 bits per heavy atom. The van der Waals surface area contributed by atoms with Crippen LogP contribution in [0, 0.1) is 23.2 Å². The fraction of sp³-hybridized carbons (Fsp3) is 0.538. The summed E-state index contributed by atoms with van der Waals surface area (Å²) in [5.41, 5.74) is 6.18. The van der Waals surface area contributed by atoms with E-state index in [0.717, 1.165) is 6.42 Å². The first-order valence-corrected chi connectivity index (χ1v) is 6.92. The topological polar surface area (TPSA) is 78.9 Å². The second-order valence-electron chi connectivity index (χ2n) is 4.76. The molecule has 0 aromatic carbocycles. The maximum absolute atomic E-state index is 11.9. The van der Waals surface area contributed by atoms with Crippen LogP contribution in [0.25, 0.3) is 0 Å². The van der Waals surface area contributed by atoms with E-state index in [-0.39, 0.29) is 11.8 Å². The summed E-state index contributed by atoms with van der Waals surface area (Å²) in [7, 11) is 0. The number of hydrogen-bond acceptors (Lipinski definition) is 4. The Kier molecular flexibility index (Phi) is 5.83. The number of amides is 1. The Labute approximate surface area is 112 Å². The fourth-order valence-corrected chi connectivity index (χ4v) is 2.62. The Morgan fingerprint density at radius 2 is 2.33 bits per heavy atom. The Balaban J connectivity index is 2.53. The van der Waals surface area contributed by atoms with Gasteiger partial charge in [0.25, 0.3) is 0 Å². The molecule has 1 atom stereocenters. The number of carbonyl (C=O) groups excluding carboxylic acids is 1. The van der Waals surface area contributed by atoms with Crippen molar-refractivity contribution < 1.29 is 4.79 Å². The molecule has 0 saturated carbocycles. The molecule has 0 fully saturated rings. The molecule has 5 heteroatoms. The van der Waals surface area contributed by atoms with Gasteiger partial charge in [0.1, 0.15) is 11.1 Å². The van der Waals surface area contributed by atoms with Gasteiger partial charge in [-0.25, -0.2) is 0 Å². The van der Waals surface area contributed by atoms with E-state index in [4.69, 9.17) is 11.0 Å². The smallest absolute Gasteiger partial charge is 0.225 e. The molecule has 4 nitrogen and oxygen atoms in total.